The molecule has 3 heterocycles. The number of nitrogens with zero attached hydrogens (tertiary/aromatic N) is 3. The van der Waals surface area contributed by atoms with Gasteiger partial charge in [0, 0.05) is 48.8 Å². The predicted octanol–water partition coefficient (Wildman–Crippen LogP) is 2.58. The van der Waals surface area contributed by atoms with E-state index in [1.165, 1.54) is 5.56 Å². The van der Waals surface area contributed by atoms with Crippen molar-refractivity contribution in [3.05, 3.63) is 42.9 Å². The van der Waals surface area contributed by atoms with Crippen LogP contribution in [0.2, 0.25) is 0 Å². The van der Waals surface area contributed by atoms with Gasteiger partial charge in [0.2, 0.25) is 0 Å². The van der Waals surface area contributed by atoms with Gasteiger partial charge in [0.05, 0.1) is 0 Å². The number of nitrogens with one attached hydrogen (secondary N) is 1. The molecule has 0 aliphatic carbocycles. The van der Waals surface area contributed by atoms with Gasteiger partial charge in [0.25, 0.3) is 0 Å². The van der Waals surface area contributed by atoms with Crippen LogP contribution in [0.5, 0.6) is 0 Å². The standard InChI is InChI=1S/C18H22N4/c1-17-9-20-10-18(17,2)12-22(11-17)16-15(8-19-13-21-16)14-6-4-3-5-7-14/h3-8,13,20H,9-12H2,1-2H3/t17-,18+. The maximum absolute atomic E-state index is 4.62. The topological polar surface area (TPSA) is 41.0 Å². The molecule has 0 radical (unpaired) electrons. The fraction of sp³-hybridized carbons (Fsp3) is 0.444. The van der Waals surface area contributed by atoms with E-state index < -0.39 is 0 Å². The van der Waals surface area contributed by atoms with Crippen LogP contribution < -0.4 is 10.2 Å². The van der Waals surface area contributed by atoms with Crippen LogP contribution in [0.3, 0.4) is 0 Å². The Morgan fingerprint density at radius 1 is 1.05 bits per heavy atom. The van der Waals surface area contributed by atoms with Crippen LogP contribution in [0, 0.1) is 10.8 Å². The molecule has 0 unspecified atom stereocenters. The molecule has 1 aromatic heterocycles. The Bertz CT molecular complexity index is 668. The van der Waals surface area contributed by atoms with E-state index in [1.54, 1.807) is 6.33 Å². The van der Waals surface area contributed by atoms with Crippen molar-refractivity contribution in [2.45, 2.75) is 13.8 Å². The van der Waals surface area contributed by atoms with Crippen LogP contribution in [0.1, 0.15) is 13.8 Å². The largest absolute Gasteiger partial charge is 0.355 e. The molecule has 4 rings (SSSR count). The highest BCUT2D eigenvalue weighted by molar-refractivity contribution is 5.75. The monoisotopic (exact) mass is 294 g/mol. The van der Waals surface area contributed by atoms with Crippen LogP contribution >= 0.6 is 0 Å². The number of hydrogen-bond acceptors (Lipinski definition) is 4. The number of anilines is 1. The van der Waals surface area contributed by atoms with Crippen molar-refractivity contribution < 1.29 is 0 Å². The molecule has 0 spiro atoms. The van der Waals surface area contributed by atoms with E-state index in [9.17, 15) is 0 Å². The number of benzene rings is 1. The average molecular weight is 294 g/mol. The maximum Gasteiger partial charge on any atom is 0.139 e. The molecule has 114 valence electrons. The number of aromatic nitrogens is 2. The van der Waals surface area contributed by atoms with Crippen molar-refractivity contribution in [1.82, 2.24) is 15.3 Å². The fourth-order valence-corrected chi connectivity index (χ4v) is 3.98. The molecule has 2 aliphatic heterocycles. The molecule has 2 aromatic rings. The third-order valence-electron chi connectivity index (χ3n) is 5.64. The Morgan fingerprint density at radius 3 is 2.41 bits per heavy atom. The van der Waals surface area contributed by atoms with Gasteiger partial charge in [0.1, 0.15) is 12.1 Å². The lowest BCUT2D eigenvalue weighted by molar-refractivity contribution is 0.212. The summed E-state index contributed by atoms with van der Waals surface area (Å²) in [7, 11) is 0. The highest BCUT2D eigenvalue weighted by Gasteiger charge is 2.55. The van der Waals surface area contributed by atoms with E-state index in [4.69, 9.17) is 0 Å². The van der Waals surface area contributed by atoms with E-state index in [0.717, 1.165) is 37.6 Å². The van der Waals surface area contributed by atoms with Crippen molar-refractivity contribution in [2.75, 3.05) is 31.1 Å². The minimum absolute atomic E-state index is 0.311. The number of rotatable bonds is 2. The Labute approximate surface area is 131 Å². The van der Waals surface area contributed by atoms with Gasteiger partial charge in [-0.05, 0) is 5.56 Å². The van der Waals surface area contributed by atoms with Crippen LogP contribution in [0.4, 0.5) is 5.82 Å². The summed E-state index contributed by atoms with van der Waals surface area (Å²) in [4.78, 5) is 11.3. The highest BCUT2D eigenvalue weighted by Crippen LogP contribution is 2.50. The normalized spacial score (nSPS) is 30.5. The SMILES string of the molecule is C[C@@]12CNC[C@]1(C)CN(c1ncncc1-c1ccccc1)C2. The third kappa shape index (κ3) is 1.94. The Balaban J connectivity index is 1.73. The summed E-state index contributed by atoms with van der Waals surface area (Å²) in [6, 6.07) is 10.4. The van der Waals surface area contributed by atoms with Crippen LogP contribution in [0.25, 0.3) is 11.1 Å². The molecule has 0 saturated carbocycles. The second-order valence-corrected chi connectivity index (χ2v) is 7.21. The van der Waals surface area contributed by atoms with Crippen LogP contribution in [-0.2, 0) is 0 Å². The number of hydrogen-bond donors (Lipinski definition) is 1. The first-order valence-electron chi connectivity index (χ1n) is 7.92. The minimum atomic E-state index is 0.311. The van der Waals surface area contributed by atoms with E-state index in [1.807, 2.05) is 12.3 Å². The highest BCUT2D eigenvalue weighted by atomic mass is 15.3. The zero-order valence-electron chi connectivity index (χ0n) is 13.2. The van der Waals surface area contributed by atoms with Crippen molar-refractivity contribution in [2.24, 2.45) is 10.8 Å². The second-order valence-electron chi connectivity index (χ2n) is 7.21. The van der Waals surface area contributed by atoms with Gasteiger partial charge in [-0.1, -0.05) is 44.2 Å². The quantitative estimate of drug-likeness (QED) is 0.924. The van der Waals surface area contributed by atoms with Gasteiger partial charge < -0.3 is 10.2 Å². The summed E-state index contributed by atoms with van der Waals surface area (Å²) in [5, 5.41) is 3.56. The van der Waals surface area contributed by atoms with E-state index in [-0.39, 0.29) is 0 Å². The lowest BCUT2D eigenvalue weighted by atomic mass is 9.71. The Kier molecular flexibility index (Phi) is 2.98. The van der Waals surface area contributed by atoms with Crippen molar-refractivity contribution in [1.29, 1.82) is 0 Å². The summed E-state index contributed by atoms with van der Waals surface area (Å²) in [5.74, 6) is 1.07. The predicted molar refractivity (Wildman–Crippen MR) is 88.8 cm³/mol. The molecule has 2 aliphatic rings. The molecule has 4 nitrogen and oxygen atoms in total. The zero-order valence-corrected chi connectivity index (χ0v) is 13.2. The molecule has 0 amide bonds. The molecular weight excluding hydrogens is 272 g/mol. The summed E-state index contributed by atoms with van der Waals surface area (Å²) >= 11 is 0. The van der Waals surface area contributed by atoms with Gasteiger partial charge in [-0.25, -0.2) is 9.97 Å². The lowest BCUT2D eigenvalue weighted by Gasteiger charge is -2.30. The molecule has 0 bridgehead atoms. The molecule has 4 heteroatoms. The Hall–Kier alpha value is -1.94. The molecule has 1 aromatic carbocycles. The zero-order chi connectivity index (χ0) is 15.2. The van der Waals surface area contributed by atoms with Gasteiger partial charge in [-0.2, -0.15) is 0 Å². The first kappa shape index (κ1) is 13.7. The molecular formula is C18H22N4. The van der Waals surface area contributed by atoms with Crippen molar-refractivity contribution >= 4 is 5.82 Å². The molecule has 1 N–H and O–H groups in total. The van der Waals surface area contributed by atoms with Crippen molar-refractivity contribution in [3.63, 3.8) is 0 Å². The molecule has 22 heavy (non-hydrogen) atoms. The fourth-order valence-electron chi connectivity index (χ4n) is 3.98. The minimum Gasteiger partial charge on any atom is -0.355 e. The van der Waals surface area contributed by atoms with Gasteiger partial charge in [0.15, 0.2) is 0 Å². The second kappa shape index (κ2) is 4.78. The van der Waals surface area contributed by atoms with Gasteiger partial charge in [-0.3, -0.25) is 0 Å². The maximum atomic E-state index is 4.62. The molecule has 2 saturated heterocycles. The summed E-state index contributed by atoms with van der Waals surface area (Å²) in [5.41, 5.74) is 2.93. The van der Waals surface area contributed by atoms with E-state index in [2.05, 4.69) is 58.3 Å². The lowest BCUT2D eigenvalue weighted by Crippen LogP contribution is -2.34. The van der Waals surface area contributed by atoms with Crippen molar-refractivity contribution in [3.8, 4) is 11.1 Å². The Morgan fingerprint density at radius 2 is 1.73 bits per heavy atom. The smallest absolute Gasteiger partial charge is 0.139 e. The van der Waals surface area contributed by atoms with Crippen LogP contribution in [-0.4, -0.2) is 36.1 Å². The van der Waals surface area contributed by atoms with Gasteiger partial charge in [-0.15, -0.1) is 0 Å². The van der Waals surface area contributed by atoms with Crippen LogP contribution in [0.15, 0.2) is 42.9 Å². The summed E-state index contributed by atoms with van der Waals surface area (Å²) in [6.45, 7) is 9.07. The summed E-state index contributed by atoms with van der Waals surface area (Å²) < 4.78 is 0. The molecule has 2 atom stereocenters. The third-order valence-corrected chi connectivity index (χ3v) is 5.64. The first-order chi connectivity index (χ1) is 10.6. The average Bonchev–Trinajstić information content (AvgIpc) is 2.96. The molecule has 2 fully saturated rings. The first-order valence-corrected chi connectivity index (χ1v) is 7.92. The van der Waals surface area contributed by atoms with Gasteiger partial charge >= 0.3 is 0 Å². The van der Waals surface area contributed by atoms with E-state index >= 15 is 0 Å². The van der Waals surface area contributed by atoms with E-state index in [0.29, 0.717) is 10.8 Å². The summed E-state index contributed by atoms with van der Waals surface area (Å²) in [6.07, 6.45) is 3.60. The number of fused-ring (bicyclic) bond motifs is 1.